The molecule has 4 aromatic rings. The van der Waals surface area contributed by atoms with E-state index in [-0.39, 0.29) is 18.9 Å². The van der Waals surface area contributed by atoms with E-state index >= 15 is 0 Å². The zero-order chi connectivity index (χ0) is 21.4. The summed E-state index contributed by atoms with van der Waals surface area (Å²) in [6.45, 7) is 5.70. The van der Waals surface area contributed by atoms with E-state index in [1.807, 2.05) is 45.0 Å². The Balaban J connectivity index is 1.61. The topological polar surface area (TPSA) is 92.7 Å². The van der Waals surface area contributed by atoms with Crippen molar-refractivity contribution in [3.8, 4) is 0 Å². The van der Waals surface area contributed by atoms with Gasteiger partial charge in [-0.25, -0.2) is 4.79 Å². The molecule has 0 bridgehead atoms. The van der Waals surface area contributed by atoms with Crippen LogP contribution in [0.15, 0.2) is 56.3 Å². The maximum absolute atomic E-state index is 12.6. The molecule has 2 heterocycles. The van der Waals surface area contributed by atoms with Gasteiger partial charge in [-0.1, -0.05) is 30.3 Å². The molecule has 0 aliphatic rings. The largest absolute Gasteiger partial charge is 0.464 e. The van der Waals surface area contributed by atoms with Gasteiger partial charge in [0, 0.05) is 22.9 Å². The highest BCUT2D eigenvalue weighted by atomic mass is 16.4. The fourth-order valence-corrected chi connectivity index (χ4v) is 3.75. The molecule has 4 rings (SSSR count). The second-order valence-corrected chi connectivity index (χ2v) is 7.57. The number of nitrogens with one attached hydrogen (secondary N) is 1. The molecule has 1 atom stereocenters. The number of hydrogen-bond donors (Lipinski definition) is 2. The summed E-state index contributed by atoms with van der Waals surface area (Å²) >= 11 is 0. The van der Waals surface area contributed by atoms with Gasteiger partial charge in [0.15, 0.2) is 0 Å². The Morgan fingerprint density at radius 1 is 1.07 bits per heavy atom. The van der Waals surface area contributed by atoms with Crippen LogP contribution in [0.3, 0.4) is 0 Å². The molecule has 1 amide bonds. The molecule has 6 nitrogen and oxygen atoms in total. The van der Waals surface area contributed by atoms with Crippen LogP contribution >= 0.6 is 0 Å². The van der Waals surface area contributed by atoms with Crippen molar-refractivity contribution < 1.29 is 18.7 Å². The van der Waals surface area contributed by atoms with Crippen molar-refractivity contribution in [2.45, 2.75) is 33.3 Å². The van der Waals surface area contributed by atoms with Crippen LogP contribution in [0, 0.1) is 20.8 Å². The van der Waals surface area contributed by atoms with Crippen molar-refractivity contribution in [3.05, 3.63) is 80.9 Å². The molecule has 0 saturated heterocycles. The van der Waals surface area contributed by atoms with Crippen LogP contribution in [0.1, 0.15) is 33.9 Å². The summed E-state index contributed by atoms with van der Waals surface area (Å²) < 4.78 is 11.2. The van der Waals surface area contributed by atoms with Gasteiger partial charge in [0.25, 0.3) is 0 Å². The molecule has 0 radical (unpaired) electrons. The van der Waals surface area contributed by atoms with Gasteiger partial charge in [0.1, 0.15) is 11.2 Å². The molecule has 0 saturated carbocycles. The fourth-order valence-electron chi connectivity index (χ4n) is 3.75. The molecule has 2 aromatic carbocycles. The molecule has 2 aromatic heterocycles. The third kappa shape index (κ3) is 3.50. The van der Waals surface area contributed by atoms with E-state index in [1.54, 1.807) is 18.4 Å². The molecule has 0 unspecified atom stereocenters. The van der Waals surface area contributed by atoms with E-state index in [1.165, 1.54) is 0 Å². The fraction of sp³-hybridized carbons (Fsp3) is 0.250. The third-order valence-corrected chi connectivity index (χ3v) is 5.55. The van der Waals surface area contributed by atoms with Crippen LogP contribution in [-0.2, 0) is 11.2 Å². The molecular formula is C24H23NO5. The average Bonchev–Trinajstić information content (AvgIpc) is 3.12. The highest BCUT2D eigenvalue weighted by Crippen LogP contribution is 2.32. The van der Waals surface area contributed by atoms with Gasteiger partial charge in [-0.15, -0.1) is 0 Å². The van der Waals surface area contributed by atoms with Crippen molar-refractivity contribution in [1.29, 1.82) is 0 Å². The average molecular weight is 405 g/mol. The highest BCUT2D eigenvalue weighted by molar-refractivity contribution is 6.00. The second kappa shape index (κ2) is 7.80. The molecule has 30 heavy (non-hydrogen) atoms. The van der Waals surface area contributed by atoms with E-state index in [0.29, 0.717) is 27.9 Å². The standard InChI is InChI=1S/C24H23NO5/c1-13-12-29-22-15(3)23-18(9-17(13)22)14(2)19(24(28)30-23)10-21(27)25-11-20(26)16-7-5-4-6-8-16/h4-9,12,20,26H,10-11H2,1-3H3,(H,25,27)/t20-/m0/s1. The lowest BCUT2D eigenvalue weighted by Gasteiger charge is -2.13. The van der Waals surface area contributed by atoms with Gasteiger partial charge in [-0.3, -0.25) is 4.79 Å². The van der Waals surface area contributed by atoms with Crippen LogP contribution in [-0.4, -0.2) is 17.6 Å². The summed E-state index contributed by atoms with van der Waals surface area (Å²) in [7, 11) is 0. The summed E-state index contributed by atoms with van der Waals surface area (Å²) in [6.07, 6.45) is 0.743. The van der Waals surface area contributed by atoms with Crippen LogP contribution in [0.25, 0.3) is 21.9 Å². The van der Waals surface area contributed by atoms with E-state index in [0.717, 1.165) is 21.9 Å². The Bertz CT molecular complexity index is 1300. The zero-order valence-corrected chi connectivity index (χ0v) is 17.1. The van der Waals surface area contributed by atoms with Gasteiger partial charge in [0.05, 0.1) is 24.4 Å². The minimum Gasteiger partial charge on any atom is -0.464 e. The number of aryl methyl sites for hydroxylation is 3. The zero-order valence-electron chi connectivity index (χ0n) is 17.1. The van der Waals surface area contributed by atoms with Crippen LogP contribution in [0.5, 0.6) is 0 Å². The van der Waals surface area contributed by atoms with Gasteiger partial charge >= 0.3 is 5.63 Å². The number of furan rings is 1. The number of hydrogen-bond acceptors (Lipinski definition) is 5. The van der Waals surface area contributed by atoms with Crippen molar-refractivity contribution in [2.24, 2.45) is 0 Å². The molecule has 0 aliphatic heterocycles. The van der Waals surface area contributed by atoms with E-state index < -0.39 is 11.7 Å². The number of amides is 1. The number of carbonyl (C=O) groups is 1. The van der Waals surface area contributed by atoms with Gasteiger partial charge in [-0.2, -0.15) is 0 Å². The van der Waals surface area contributed by atoms with Crippen molar-refractivity contribution in [2.75, 3.05) is 6.54 Å². The molecular weight excluding hydrogens is 382 g/mol. The minimum atomic E-state index is -0.816. The predicted octanol–water partition coefficient (Wildman–Crippen LogP) is 3.86. The molecule has 0 fully saturated rings. The van der Waals surface area contributed by atoms with E-state index in [2.05, 4.69) is 5.32 Å². The van der Waals surface area contributed by atoms with Crippen molar-refractivity contribution in [3.63, 3.8) is 0 Å². The van der Waals surface area contributed by atoms with E-state index in [4.69, 9.17) is 8.83 Å². The monoisotopic (exact) mass is 405 g/mol. The molecule has 6 heteroatoms. The lowest BCUT2D eigenvalue weighted by Crippen LogP contribution is -2.31. The summed E-state index contributed by atoms with van der Waals surface area (Å²) in [5.41, 5.74) is 4.14. The van der Waals surface area contributed by atoms with Crippen LogP contribution in [0.2, 0.25) is 0 Å². The van der Waals surface area contributed by atoms with Gasteiger partial charge in [-0.05, 0) is 43.5 Å². The minimum absolute atomic E-state index is 0.0642. The number of aliphatic hydroxyl groups excluding tert-OH is 1. The number of carbonyl (C=O) groups excluding carboxylic acids is 1. The lowest BCUT2D eigenvalue weighted by molar-refractivity contribution is -0.120. The van der Waals surface area contributed by atoms with Crippen LogP contribution in [0.4, 0.5) is 0 Å². The predicted molar refractivity (Wildman–Crippen MR) is 115 cm³/mol. The first-order valence-electron chi connectivity index (χ1n) is 9.80. The number of benzene rings is 2. The normalized spacial score (nSPS) is 12.4. The number of rotatable bonds is 5. The summed E-state index contributed by atoms with van der Waals surface area (Å²) in [6, 6.07) is 11.0. The van der Waals surface area contributed by atoms with Crippen molar-refractivity contribution >= 4 is 27.8 Å². The summed E-state index contributed by atoms with van der Waals surface area (Å²) in [4.78, 5) is 25.1. The van der Waals surface area contributed by atoms with Gasteiger partial charge < -0.3 is 19.3 Å². The highest BCUT2D eigenvalue weighted by Gasteiger charge is 2.19. The first kappa shape index (κ1) is 19.9. The van der Waals surface area contributed by atoms with Crippen molar-refractivity contribution in [1.82, 2.24) is 5.32 Å². The first-order chi connectivity index (χ1) is 14.4. The SMILES string of the molecule is Cc1coc2c(C)c3oc(=O)c(CC(=O)NC[C@H](O)c4ccccc4)c(C)c3cc12. The Morgan fingerprint density at radius 3 is 2.53 bits per heavy atom. The Morgan fingerprint density at radius 2 is 1.80 bits per heavy atom. The molecule has 0 spiro atoms. The summed E-state index contributed by atoms with van der Waals surface area (Å²) in [5.74, 6) is -0.350. The molecule has 154 valence electrons. The van der Waals surface area contributed by atoms with Crippen LogP contribution < -0.4 is 10.9 Å². The second-order valence-electron chi connectivity index (χ2n) is 7.57. The third-order valence-electron chi connectivity index (χ3n) is 5.55. The first-order valence-corrected chi connectivity index (χ1v) is 9.80. The smallest absolute Gasteiger partial charge is 0.340 e. The maximum atomic E-state index is 12.6. The number of aliphatic hydroxyl groups is 1. The Labute approximate surface area is 173 Å². The quantitative estimate of drug-likeness (QED) is 0.492. The molecule has 0 aliphatic carbocycles. The molecule has 2 N–H and O–H groups in total. The van der Waals surface area contributed by atoms with Gasteiger partial charge in [0.2, 0.25) is 5.91 Å². The number of fused-ring (bicyclic) bond motifs is 2. The maximum Gasteiger partial charge on any atom is 0.340 e. The Kier molecular flexibility index (Phi) is 5.18. The summed E-state index contributed by atoms with van der Waals surface area (Å²) in [5, 5.41) is 14.7. The Hall–Kier alpha value is -3.38. The van der Waals surface area contributed by atoms with E-state index in [9.17, 15) is 14.7 Å². The lowest BCUT2D eigenvalue weighted by atomic mass is 9.99.